The number of anilines is 3. The van der Waals surface area contributed by atoms with E-state index in [1.807, 2.05) is 32.0 Å². The summed E-state index contributed by atoms with van der Waals surface area (Å²) in [4.78, 5) is 22.1. The van der Waals surface area contributed by atoms with Gasteiger partial charge in [0.15, 0.2) is 0 Å². The van der Waals surface area contributed by atoms with Gasteiger partial charge < -0.3 is 15.0 Å². The van der Waals surface area contributed by atoms with Crippen molar-refractivity contribution in [1.29, 1.82) is 0 Å². The third-order valence-corrected chi connectivity index (χ3v) is 2.91. The zero-order valence-electron chi connectivity index (χ0n) is 12.5. The highest BCUT2D eigenvalue weighted by atomic mass is 16.5. The number of carbonyl (C=O) groups excluding carboxylic acids is 1. The van der Waals surface area contributed by atoms with Gasteiger partial charge in [-0.2, -0.15) is 4.98 Å². The first-order chi connectivity index (χ1) is 10.0. The van der Waals surface area contributed by atoms with E-state index < -0.39 is 0 Å². The zero-order chi connectivity index (χ0) is 15.4. The maximum Gasteiger partial charge on any atom is 0.337 e. The number of hydrogen-bond donors (Lipinski definition) is 1. The number of methoxy groups -OCH3 is 1. The third kappa shape index (κ3) is 3.47. The van der Waals surface area contributed by atoms with E-state index in [0.29, 0.717) is 11.5 Å². The van der Waals surface area contributed by atoms with Gasteiger partial charge in [-0.05, 0) is 25.1 Å². The molecule has 0 saturated heterocycles. The Hall–Kier alpha value is -2.63. The maximum atomic E-state index is 11.5. The zero-order valence-corrected chi connectivity index (χ0v) is 12.5. The van der Waals surface area contributed by atoms with Crippen LogP contribution in [0.5, 0.6) is 0 Å². The molecule has 1 heterocycles. The lowest BCUT2D eigenvalue weighted by atomic mass is 10.2. The highest BCUT2D eigenvalue weighted by molar-refractivity contribution is 5.90. The van der Waals surface area contributed by atoms with Crippen molar-refractivity contribution in [3.8, 4) is 0 Å². The fourth-order valence-corrected chi connectivity index (χ4v) is 1.92. The van der Waals surface area contributed by atoms with Gasteiger partial charge in [0.05, 0.1) is 12.7 Å². The first-order valence-electron chi connectivity index (χ1n) is 6.47. The monoisotopic (exact) mass is 286 g/mol. The lowest BCUT2D eigenvalue weighted by Gasteiger charge is -2.15. The Labute approximate surface area is 123 Å². The minimum absolute atomic E-state index is 0.377. The molecule has 0 fully saturated rings. The van der Waals surface area contributed by atoms with Crippen LogP contribution >= 0.6 is 0 Å². The number of carbonyl (C=O) groups is 1. The highest BCUT2D eigenvalue weighted by Crippen LogP contribution is 2.19. The molecule has 0 unspecified atom stereocenters. The highest BCUT2D eigenvalue weighted by Gasteiger charge is 2.08. The molecular formula is C15H18N4O2. The Bertz CT molecular complexity index is 656. The average Bonchev–Trinajstić information content (AvgIpc) is 2.48. The van der Waals surface area contributed by atoms with Gasteiger partial charge in [-0.25, -0.2) is 9.78 Å². The molecule has 0 amide bonds. The summed E-state index contributed by atoms with van der Waals surface area (Å²) in [6, 6.07) is 7.00. The predicted octanol–water partition coefficient (Wildman–Crippen LogP) is 2.38. The fourth-order valence-electron chi connectivity index (χ4n) is 1.92. The molecule has 0 radical (unpaired) electrons. The number of esters is 1. The van der Waals surface area contributed by atoms with Crippen LogP contribution < -0.4 is 10.2 Å². The summed E-state index contributed by atoms with van der Waals surface area (Å²) in [7, 11) is 5.21. The molecule has 2 rings (SSSR count). The first kappa shape index (κ1) is 14.8. The molecule has 1 aromatic heterocycles. The van der Waals surface area contributed by atoms with Crippen LogP contribution in [0.4, 0.5) is 17.5 Å². The lowest BCUT2D eigenvalue weighted by Crippen LogP contribution is -2.13. The first-order valence-corrected chi connectivity index (χ1v) is 6.47. The topological polar surface area (TPSA) is 67.3 Å². The largest absolute Gasteiger partial charge is 0.465 e. The molecule has 2 aromatic rings. The van der Waals surface area contributed by atoms with Gasteiger partial charge in [0.25, 0.3) is 0 Å². The molecule has 1 aromatic carbocycles. The number of ether oxygens (including phenoxy) is 1. The molecule has 0 saturated carbocycles. The van der Waals surface area contributed by atoms with Crippen molar-refractivity contribution >= 4 is 23.4 Å². The Morgan fingerprint density at radius 3 is 2.76 bits per heavy atom. The van der Waals surface area contributed by atoms with Crippen LogP contribution in [-0.2, 0) is 4.74 Å². The molecule has 0 spiro atoms. The van der Waals surface area contributed by atoms with Crippen molar-refractivity contribution in [2.45, 2.75) is 6.92 Å². The van der Waals surface area contributed by atoms with E-state index in [0.717, 1.165) is 17.1 Å². The van der Waals surface area contributed by atoms with Gasteiger partial charge in [0, 0.05) is 31.5 Å². The summed E-state index contributed by atoms with van der Waals surface area (Å²) in [5.41, 5.74) is 2.20. The van der Waals surface area contributed by atoms with Crippen molar-refractivity contribution < 1.29 is 9.53 Å². The molecule has 0 bridgehead atoms. The summed E-state index contributed by atoms with van der Waals surface area (Å²) in [5, 5.41) is 3.09. The summed E-state index contributed by atoms with van der Waals surface area (Å²) < 4.78 is 4.70. The normalized spacial score (nSPS) is 10.1. The van der Waals surface area contributed by atoms with E-state index in [1.165, 1.54) is 7.11 Å². The Morgan fingerprint density at radius 1 is 1.33 bits per heavy atom. The molecule has 0 aliphatic carbocycles. The number of hydrogen-bond acceptors (Lipinski definition) is 6. The van der Waals surface area contributed by atoms with Crippen LogP contribution in [0.25, 0.3) is 0 Å². The van der Waals surface area contributed by atoms with Gasteiger partial charge in [-0.1, -0.05) is 6.07 Å². The summed E-state index contributed by atoms with van der Waals surface area (Å²) in [6.45, 7) is 1.96. The van der Waals surface area contributed by atoms with Crippen molar-refractivity contribution in [1.82, 2.24) is 9.97 Å². The molecule has 6 nitrogen and oxygen atoms in total. The molecule has 1 N–H and O–H groups in total. The van der Waals surface area contributed by atoms with Crippen molar-refractivity contribution in [3.63, 3.8) is 0 Å². The van der Waals surface area contributed by atoms with E-state index in [9.17, 15) is 4.79 Å². The summed E-state index contributed by atoms with van der Waals surface area (Å²) in [5.74, 6) is 0.945. The van der Waals surface area contributed by atoms with Gasteiger partial charge in [-0.15, -0.1) is 0 Å². The third-order valence-electron chi connectivity index (χ3n) is 2.91. The second kappa shape index (κ2) is 6.21. The van der Waals surface area contributed by atoms with Gasteiger partial charge >= 0.3 is 5.97 Å². The van der Waals surface area contributed by atoms with Gasteiger partial charge in [-0.3, -0.25) is 0 Å². The van der Waals surface area contributed by atoms with Crippen LogP contribution in [-0.4, -0.2) is 37.1 Å². The minimum Gasteiger partial charge on any atom is -0.465 e. The molecule has 0 aliphatic heterocycles. The van der Waals surface area contributed by atoms with Crippen molar-refractivity contribution in [3.05, 3.63) is 41.6 Å². The standard InChI is InChI=1S/C15H18N4O2/c1-10-9-16-15(18-13(10)19(2)3)17-12-7-5-6-11(8-12)14(20)21-4/h5-9H,1-4H3,(H,16,17,18). The van der Waals surface area contributed by atoms with Crippen molar-refractivity contribution in [2.75, 3.05) is 31.4 Å². The number of benzene rings is 1. The number of aryl methyl sites for hydroxylation is 1. The molecule has 0 aliphatic rings. The second-order valence-corrected chi connectivity index (χ2v) is 4.79. The Kier molecular flexibility index (Phi) is 4.37. The quantitative estimate of drug-likeness (QED) is 0.870. The van der Waals surface area contributed by atoms with Crippen LogP contribution in [0.2, 0.25) is 0 Å². The van der Waals surface area contributed by atoms with E-state index >= 15 is 0 Å². The lowest BCUT2D eigenvalue weighted by molar-refractivity contribution is 0.0601. The maximum absolute atomic E-state index is 11.5. The number of rotatable bonds is 4. The Balaban J connectivity index is 2.26. The van der Waals surface area contributed by atoms with Crippen LogP contribution in [0, 0.1) is 6.92 Å². The summed E-state index contributed by atoms with van der Waals surface area (Å²) in [6.07, 6.45) is 1.76. The van der Waals surface area contributed by atoms with Gasteiger partial charge in [0.2, 0.25) is 5.95 Å². The average molecular weight is 286 g/mol. The smallest absolute Gasteiger partial charge is 0.337 e. The van der Waals surface area contributed by atoms with Crippen molar-refractivity contribution in [2.24, 2.45) is 0 Å². The molecule has 110 valence electrons. The van der Waals surface area contributed by atoms with Crippen LogP contribution in [0.15, 0.2) is 30.5 Å². The Morgan fingerprint density at radius 2 is 2.10 bits per heavy atom. The van der Waals surface area contributed by atoms with E-state index in [2.05, 4.69) is 15.3 Å². The number of nitrogens with zero attached hydrogens (tertiary/aromatic N) is 3. The molecular weight excluding hydrogens is 268 g/mol. The predicted molar refractivity (Wildman–Crippen MR) is 82.2 cm³/mol. The number of aromatic nitrogens is 2. The SMILES string of the molecule is COC(=O)c1cccc(Nc2ncc(C)c(N(C)C)n2)c1. The molecule has 6 heteroatoms. The van der Waals surface area contributed by atoms with E-state index in [1.54, 1.807) is 24.4 Å². The van der Waals surface area contributed by atoms with Crippen LogP contribution in [0.1, 0.15) is 15.9 Å². The van der Waals surface area contributed by atoms with E-state index in [-0.39, 0.29) is 5.97 Å². The molecule has 21 heavy (non-hydrogen) atoms. The fraction of sp³-hybridized carbons (Fsp3) is 0.267. The van der Waals surface area contributed by atoms with Gasteiger partial charge in [0.1, 0.15) is 5.82 Å². The van der Waals surface area contributed by atoms with E-state index in [4.69, 9.17) is 4.74 Å². The number of nitrogens with one attached hydrogen (secondary N) is 1. The molecule has 0 atom stereocenters. The van der Waals surface area contributed by atoms with Crippen LogP contribution in [0.3, 0.4) is 0 Å². The minimum atomic E-state index is -0.377. The second-order valence-electron chi connectivity index (χ2n) is 4.79. The summed E-state index contributed by atoms with van der Waals surface area (Å²) >= 11 is 0.